The lowest BCUT2D eigenvalue weighted by atomic mass is 10.1. The summed E-state index contributed by atoms with van der Waals surface area (Å²) in [5, 5.41) is 0. The summed E-state index contributed by atoms with van der Waals surface area (Å²) in [7, 11) is 1.65. The van der Waals surface area contributed by atoms with Gasteiger partial charge >= 0.3 is 5.76 Å². The third-order valence-corrected chi connectivity index (χ3v) is 3.59. The van der Waals surface area contributed by atoms with Crippen LogP contribution in [0.1, 0.15) is 32.3 Å². The van der Waals surface area contributed by atoms with Crippen molar-refractivity contribution < 1.29 is 13.9 Å². The maximum Gasteiger partial charge on any atom is 0.419 e. The second kappa shape index (κ2) is 7.43. The Kier molecular flexibility index (Phi) is 5.59. The Hall–Kier alpha value is -1.59. The molecule has 1 aromatic heterocycles. The first kappa shape index (κ1) is 15.8. The summed E-state index contributed by atoms with van der Waals surface area (Å²) < 4.78 is 17.8. The van der Waals surface area contributed by atoms with E-state index in [0.29, 0.717) is 18.7 Å². The molecule has 21 heavy (non-hydrogen) atoms. The van der Waals surface area contributed by atoms with Crippen LogP contribution in [0.5, 0.6) is 0 Å². The largest absolute Gasteiger partial charge is 0.419 e. The molecule has 5 heteroatoms. The van der Waals surface area contributed by atoms with Crippen LogP contribution in [0.4, 0.5) is 0 Å². The minimum Gasteiger partial charge on any atom is -0.407 e. The first-order chi connectivity index (χ1) is 10.2. The highest BCUT2D eigenvalue weighted by molar-refractivity contribution is 5.76. The fourth-order valence-electron chi connectivity index (χ4n) is 2.55. The molecule has 1 atom stereocenters. The summed E-state index contributed by atoms with van der Waals surface area (Å²) in [5.41, 5.74) is 2.63. The minimum absolute atomic E-state index is 0.165. The standard InChI is InChI=1S/C16H23NO4/c1-4-17-13-10-6-8-12(15(13)21-16(17)18)9-7-11-14(19-3)20-5-2/h6,8,10,14H,4-5,7,9,11H2,1-3H3. The Bertz CT molecular complexity index is 629. The predicted molar refractivity (Wildman–Crippen MR) is 81.5 cm³/mol. The second-order valence-electron chi connectivity index (χ2n) is 4.89. The third kappa shape index (κ3) is 3.54. The Morgan fingerprint density at radius 3 is 2.81 bits per heavy atom. The van der Waals surface area contributed by atoms with Gasteiger partial charge in [-0.15, -0.1) is 0 Å². The van der Waals surface area contributed by atoms with E-state index in [2.05, 4.69) is 0 Å². The van der Waals surface area contributed by atoms with E-state index in [1.54, 1.807) is 11.7 Å². The van der Waals surface area contributed by atoms with E-state index in [4.69, 9.17) is 13.9 Å². The number of hydrogen-bond acceptors (Lipinski definition) is 4. The van der Waals surface area contributed by atoms with Gasteiger partial charge < -0.3 is 13.9 Å². The van der Waals surface area contributed by atoms with Crippen LogP contribution < -0.4 is 5.76 Å². The highest BCUT2D eigenvalue weighted by atomic mass is 16.7. The van der Waals surface area contributed by atoms with E-state index in [-0.39, 0.29) is 12.0 Å². The molecule has 0 aliphatic rings. The van der Waals surface area contributed by atoms with Crippen LogP contribution in [-0.2, 0) is 22.4 Å². The molecule has 0 N–H and O–H groups in total. The second-order valence-corrected chi connectivity index (χ2v) is 4.89. The van der Waals surface area contributed by atoms with Crippen molar-refractivity contribution in [2.45, 2.75) is 45.9 Å². The van der Waals surface area contributed by atoms with E-state index < -0.39 is 0 Å². The molecule has 0 saturated carbocycles. The molecule has 2 aromatic rings. The normalized spacial score (nSPS) is 12.9. The van der Waals surface area contributed by atoms with Crippen LogP contribution in [0.2, 0.25) is 0 Å². The third-order valence-electron chi connectivity index (χ3n) is 3.59. The number of aryl methyl sites for hydroxylation is 2. The van der Waals surface area contributed by atoms with Crippen LogP contribution in [0, 0.1) is 0 Å². The monoisotopic (exact) mass is 293 g/mol. The fraction of sp³-hybridized carbons (Fsp3) is 0.562. The lowest BCUT2D eigenvalue weighted by molar-refractivity contribution is -0.124. The molecule has 0 bridgehead atoms. The van der Waals surface area contributed by atoms with Gasteiger partial charge in [0.05, 0.1) is 5.52 Å². The lowest BCUT2D eigenvalue weighted by Crippen LogP contribution is -2.15. The van der Waals surface area contributed by atoms with Gasteiger partial charge in [-0.2, -0.15) is 0 Å². The number of aromatic nitrogens is 1. The van der Waals surface area contributed by atoms with Gasteiger partial charge in [0, 0.05) is 20.3 Å². The molecule has 116 valence electrons. The van der Waals surface area contributed by atoms with Crippen molar-refractivity contribution in [3.63, 3.8) is 0 Å². The highest BCUT2D eigenvalue weighted by Crippen LogP contribution is 2.20. The van der Waals surface area contributed by atoms with Crippen LogP contribution in [0.15, 0.2) is 27.4 Å². The summed E-state index contributed by atoms with van der Waals surface area (Å²) >= 11 is 0. The fourth-order valence-corrected chi connectivity index (χ4v) is 2.55. The zero-order chi connectivity index (χ0) is 15.2. The van der Waals surface area contributed by atoms with Crippen molar-refractivity contribution in [2.75, 3.05) is 13.7 Å². The molecule has 0 aliphatic carbocycles. The lowest BCUT2D eigenvalue weighted by Gasteiger charge is -2.14. The van der Waals surface area contributed by atoms with Crippen molar-refractivity contribution in [1.82, 2.24) is 4.57 Å². The number of hydrogen-bond donors (Lipinski definition) is 0. The van der Waals surface area contributed by atoms with Gasteiger partial charge in [0.25, 0.3) is 0 Å². The molecular formula is C16H23NO4. The van der Waals surface area contributed by atoms with Gasteiger partial charge in [0.15, 0.2) is 11.9 Å². The van der Waals surface area contributed by atoms with Gasteiger partial charge in [-0.25, -0.2) is 4.79 Å². The van der Waals surface area contributed by atoms with Gasteiger partial charge in [-0.05, 0) is 44.7 Å². The quantitative estimate of drug-likeness (QED) is 0.702. The van der Waals surface area contributed by atoms with Crippen LogP contribution in [0.3, 0.4) is 0 Å². The number of methoxy groups -OCH3 is 1. The van der Waals surface area contributed by atoms with E-state index in [9.17, 15) is 4.79 Å². The molecular weight excluding hydrogens is 270 g/mol. The minimum atomic E-state index is -0.288. The van der Waals surface area contributed by atoms with Crippen molar-refractivity contribution in [1.29, 1.82) is 0 Å². The molecule has 1 heterocycles. The van der Waals surface area contributed by atoms with Gasteiger partial charge in [-0.3, -0.25) is 4.57 Å². The zero-order valence-electron chi connectivity index (χ0n) is 12.9. The van der Waals surface area contributed by atoms with Gasteiger partial charge in [0.2, 0.25) is 0 Å². The summed E-state index contributed by atoms with van der Waals surface area (Å²) in [5.74, 6) is -0.288. The Morgan fingerprint density at radius 1 is 1.33 bits per heavy atom. The van der Waals surface area contributed by atoms with Gasteiger partial charge in [0.1, 0.15) is 0 Å². The van der Waals surface area contributed by atoms with Crippen molar-refractivity contribution in [2.24, 2.45) is 0 Å². The molecule has 0 amide bonds. The topological polar surface area (TPSA) is 53.6 Å². The average molecular weight is 293 g/mol. The molecule has 0 saturated heterocycles. The number of benzene rings is 1. The molecule has 5 nitrogen and oxygen atoms in total. The molecule has 2 rings (SSSR count). The summed E-state index contributed by atoms with van der Waals surface area (Å²) in [6.45, 7) is 5.15. The van der Waals surface area contributed by atoms with E-state index in [1.807, 2.05) is 32.0 Å². The first-order valence-electron chi connectivity index (χ1n) is 7.46. The Labute approximate surface area is 124 Å². The SMILES string of the molecule is CCOC(CCCc1cccc2c1oc(=O)n2CC)OC. The van der Waals surface area contributed by atoms with Crippen LogP contribution in [0.25, 0.3) is 11.1 Å². The predicted octanol–water partition coefficient (Wildman–Crippen LogP) is 2.95. The van der Waals surface area contributed by atoms with E-state index in [1.165, 1.54) is 0 Å². The number of fused-ring (bicyclic) bond motifs is 1. The number of ether oxygens (including phenoxy) is 2. The van der Waals surface area contributed by atoms with Gasteiger partial charge in [-0.1, -0.05) is 12.1 Å². The van der Waals surface area contributed by atoms with Crippen molar-refractivity contribution >= 4 is 11.1 Å². The molecule has 0 fully saturated rings. The highest BCUT2D eigenvalue weighted by Gasteiger charge is 2.12. The maximum absolute atomic E-state index is 11.8. The smallest absolute Gasteiger partial charge is 0.407 e. The van der Waals surface area contributed by atoms with Crippen LogP contribution >= 0.6 is 0 Å². The molecule has 1 unspecified atom stereocenters. The number of oxazole rings is 1. The molecule has 0 spiro atoms. The molecule has 1 aromatic carbocycles. The van der Waals surface area contributed by atoms with Crippen LogP contribution in [-0.4, -0.2) is 24.6 Å². The Morgan fingerprint density at radius 2 is 2.14 bits per heavy atom. The molecule has 0 aliphatic heterocycles. The Balaban J connectivity index is 2.10. The van der Waals surface area contributed by atoms with E-state index in [0.717, 1.165) is 30.3 Å². The number of para-hydroxylation sites is 1. The van der Waals surface area contributed by atoms with Crippen molar-refractivity contribution in [3.05, 3.63) is 34.3 Å². The number of rotatable bonds is 8. The molecule has 0 radical (unpaired) electrons. The first-order valence-corrected chi connectivity index (χ1v) is 7.46. The van der Waals surface area contributed by atoms with E-state index >= 15 is 0 Å². The number of nitrogens with zero attached hydrogens (tertiary/aromatic N) is 1. The summed E-state index contributed by atoms with van der Waals surface area (Å²) in [6, 6.07) is 5.90. The summed E-state index contributed by atoms with van der Waals surface area (Å²) in [4.78, 5) is 11.8. The summed E-state index contributed by atoms with van der Waals surface area (Å²) in [6.07, 6.45) is 2.40. The van der Waals surface area contributed by atoms with Crippen molar-refractivity contribution in [3.8, 4) is 0 Å². The maximum atomic E-state index is 11.8. The average Bonchev–Trinajstić information content (AvgIpc) is 2.82. The zero-order valence-corrected chi connectivity index (χ0v) is 12.9.